The minimum Gasteiger partial charge on any atom is -0.497 e. The Labute approximate surface area is 162 Å². The average molecular weight is 409 g/mol. The maximum Gasteiger partial charge on any atom is 0.339 e. The molecular formula is C18H19NO8S. The van der Waals surface area contributed by atoms with Crippen LogP contribution < -0.4 is 14.2 Å². The van der Waals surface area contributed by atoms with E-state index in [1.807, 2.05) is 0 Å². The second-order valence-electron chi connectivity index (χ2n) is 5.37. The van der Waals surface area contributed by atoms with Crippen molar-refractivity contribution in [1.82, 2.24) is 0 Å². The molecule has 0 spiro atoms. The van der Waals surface area contributed by atoms with E-state index in [1.54, 1.807) is 0 Å². The number of sulfonamides is 1. The number of benzene rings is 2. The maximum atomic E-state index is 13.0. The number of rotatable bonds is 7. The van der Waals surface area contributed by atoms with Gasteiger partial charge in [-0.1, -0.05) is 0 Å². The van der Waals surface area contributed by atoms with Gasteiger partial charge in [-0.2, -0.15) is 0 Å². The van der Waals surface area contributed by atoms with E-state index in [4.69, 9.17) is 9.47 Å². The first-order valence-corrected chi connectivity index (χ1v) is 9.31. The lowest BCUT2D eigenvalue weighted by atomic mass is 10.1. The van der Waals surface area contributed by atoms with Crippen LogP contribution in [-0.2, 0) is 19.5 Å². The summed E-state index contributed by atoms with van der Waals surface area (Å²) in [5, 5.41) is 0. The fourth-order valence-corrected chi connectivity index (χ4v) is 3.64. The van der Waals surface area contributed by atoms with Crippen molar-refractivity contribution in [2.24, 2.45) is 0 Å². The van der Waals surface area contributed by atoms with Crippen LogP contribution in [0.1, 0.15) is 20.7 Å². The molecule has 150 valence electrons. The standard InChI is InChI=1S/C18H19NO8S/c1-24-12-6-8-14(15(10-12)25-2)19-28(22,23)16-9-11(17(20)26-3)5-7-13(16)18(21)27-4/h5-10,19H,1-4H3. The lowest BCUT2D eigenvalue weighted by Crippen LogP contribution is -2.19. The number of hydrogen-bond donors (Lipinski definition) is 1. The van der Waals surface area contributed by atoms with Gasteiger partial charge in [-0.25, -0.2) is 18.0 Å². The normalized spacial score (nSPS) is 10.7. The first-order valence-electron chi connectivity index (χ1n) is 7.83. The van der Waals surface area contributed by atoms with Gasteiger partial charge >= 0.3 is 11.9 Å². The highest BCUT2D eigenvalue weighted by molar-refractivity contribution is 7.92. The third kappa shape index (κ3) is 4.34. The molecule has 10 heteroatoms. The molecule has 0 atom stereocenters. The van der Waals surface area contributed by atoms with E-state index in [0.717, 1.165) is 20.3 Å². The Morgan fingerprint density at radius 3 is 2.11 bits per heavy atom. The van der Waals surface area contributed by atoms with Gasteiger partial charge in [0.05, 0.1) is 45.3 Å². The number of hydrogen-bond acceptors (Lipinski definition) is 8. The predicted molar refractivity (Wildman–Crippen MR) is 99.5 cm³/mol. The molecule has 0 aliphatic carbocycles. The molecule has 0 aromatic heterocycles. The summed E-state index contributed by atoms with van der Waals surface area (Å²) in [5.74, 6) is -0.970. The van der Waals surface area contributed by atoms with Gasteiger partial charge in [-0.15, -0.1) is 0 Å². The van der Waals surface area contributed by atoms with Crippen molar-refractivity contribution >= 4 is 27.6 Å². The van der Waals surface area contributed by atoms with Gasteiger partial charge in [-0.05, 0) is 30.3 Å². The summed E-state index contributed by atoms with van der Waals surface area (Å²) >= 11 is 0. The Balaban J connectivity index is 2.57. The molecule has 0 fully saturated rings. The number of esters is 2. The van der Waals surface area contributed by atoms with E-state index in [0.29, 0.717) is 5.75 Å². The number of carbonyl (C=O) groups excluding carboxylic acids is 2. The summed E-state index contributed by atoms with van der Waals surface area (Å²) in [6.45, 7) is 0. The zero-order valence-electron chi connectivity index (χ0n) is 15.6. The fraction of sp³-hybridized carbons (Fsp3) is 0.222. The van der Waals surface area contributed by atoms with E-state index in [2.05, 4.69) is 14.2 Å². The van der Waals surface area contributed by atoms with E-state index < -0.39 is 26.9 Å². The summed E-state index contributed by atoms with van der Waals surface area (Å²) in [4.78, 5) is 23.4. The van der Waals surface area contributed by atoms with E-state index in [-0.39, 0.29) is 22.6 Å². The van der Waals surface area contributed by atoms with Crippen LogP contribution in [0.15, 0.2) is 41.3 Å². The van der Waals surface area contributed by atoms with Gasteiger partial charge in [-0.3, -0.25) is 4.72 Å². The molecule has 1 N–H and O–H groups in total. The van der Waals surface area contributed by atoms with Gasteiger partial charge in [0.25, 0.3) is 10.0 Å². The fourth-order valence-electron chi connectivity index (χ4n) is 2.35. The lowest BCUT2D eigenvalue weighted by Gasteiger charge is -2.15. The molecule has 2 rings (SSSR count). The van der Waals surface area contributed by atoms with Crippen molar-refractivity contribution in [2.75, 3.05) is 33.2 Å². The highest BCUT2D eigenvalue weighted by Crippen LogP contribution is 2.31. The summed E-state index contributed by atoms with van der Waals surface area (Å²) < 4.78 is 47.8. The Kier molecular flexibility index (Phi) is 6.47. The van der Waals surface area contributed by atoms with Crippen LogP contribution in [0.25, 0.3) is 0 Å². The SMILES string of the molecule is COC(=O)c1ccc(C(=O)OC)c(S(=O)(=O)Nc2ccc(OC)cc2OC)c1. The highest BCUT2D eigenvalue weighted by Gasteiger charge is 2.26. The van der Waals surface area contributed by atoms with Crippen LogP contribution in [0.5, 0.6) is 11.5 Å². The van der Waals surface area contributed by atoms with Crippen LogP contribution in [0, 0.1) is 0 Å². The minimum atomic E-state index is -4.29. The van der Waals surface area contributed by atoms with Crippen molar-refractivity contribution in [2.45, 2.75) is 4.90 Å². The number of carbonyl (C=O) groups is 2. The predicted octanol–water partition coefficient (Wildman–Crippen LogP) is 2.08. The van der Waals surface area contributed by atoms with Crippen molar-refractivity contribution in [3.05, 3.63) is 47.5 Å². The van der Waals surface area contributed by atoms with Gasteiger partial charge in [0, 0.05) is 6.07 Å². The van der Waals surface area contributed by atoms with Crippen LogP contribution >= 0.6 is 0 Å². The molecule has 0 aliphatic heterocycles. The molecule has 0 heterocycles. The van der Waals surface area contributed by atoms with Gasteiger partial charge < -0.3 is 18.9 Å². The van der Waals surface area contributed by atoms with Crippen LogP contribution in [0.2, 0.25) is 0 Å². The highest BCUT2D eigenvalue weighted by atomic mass is 32.2. The summed E-state index contributed by atoms with van der Waals surface area (Å²) in [6.07, 6.45) is 0. The summed E-state index contributed by atoms with van der Waals surface area (Å²) in [7, 11) is 0.804. The van der Waals surface area contributed by atoms with Gasteiger partial charge in [0.1, 0.15) is 16.4 Å². The van der Waals surface area contributed by atoms with Crippen molar-refractivity contribution < 1.29 is 37.0 Å². The van der Waals surface area contributed by atoms with Crippen molar-refractivity contribution in [3.63, 3.8) is 0 Å². The van der Waals surface area contributed by atoms with Crippen LogP contribution in [0.4, 0.5) is 5.69 Å². The van der Waals surface area contributed by atoms with Crippen molar-refractivity contribution in [3.8, 4) is 11.5 Å². The molecule has 0 unspecified atom stereocenters. The zero-order chi connectivity index (χ0) is 20.9. The molecule has 9 nitrogen and oxygen atoms in total. The summed E-state index contributed by atoms with van der Waals surface area (Å²) in [5.41, 5.74) is -0.171. The minimum absolute atomic E-state index is 0.0442. The molecule has 0 bridgehead atoms. The monoisotopic (exact) mass is 409 g/mol. The van der Waals surface area contributed by atoms with Crippen molar-refractivity contribution in [1.29, 1.82) is 0 Å². The zero-order valence-corrected chi connectivity index (χ0v) is 16.5. The molecule has 0 aliphatic rings. The largest absolute Gasteiger partial charge is 0.497 e. The molecule has 28 heavy (non-hydrogen) atoms. The van der Waals surface area contributed by atoms with Gasteiger partial charge in [0.15, 0.2) is 0 Å². The van der Waals surface area contributed by atoms with Gasteiger partial charge in [0.2, 0.25) is 0 Å². The Bertz CT molecular complexity index is 1000. The molecule has 2 aromatic rings. The summed E-state index contributed by atoms with van der Waals surface area (Å²) in [6, 6.07) is 7.95. The molecule has 0 saturated heterocycles. The Morgan fingerprint density at radius 1 is 0.857 bits per heavy atom. The van der Waals surface area contributed by atoms with E-state index >= 15 is 0 Å². The maximum absolute atomic E-state index is 13.0. The molecule has 2 aromatic carbocycles. The molecular weight excluding hydrogens is 390 g/mol. The second-order valence-corrected chi connectivity index (χ2v) is 7.02. The first kappa shape index (κ1) is 21.0. The molecule has 0 radical (unpaired) electrons. The second kappa shape index (κ2) is 8.61. The third-order valence-corrected chi connectivity index (χ3v) is 5.16. The number of methoxy groups -OCH3 is 4. The smallest absolute Gasteiger partial charge is 0.339 e. The topological polar surface area (TPSA) is 117 Å². The van der Waals surface area contributed by atoms with Crippen LogP contribution in [0.3, 0.4) is 0 Å². The third-order valence-electron chi connectivity index (χ3n) is 3.75. The van der Waals surface area contributed by atoms with E-state index in [1.165, 1.54) is 44.6 Å². The Morgan fingerprint density at radius 2 is 1.54 bits per heavy atom. The average Bonchev–Trinajstić information content (AvgIpc) is 2.72. The number of anilines is 1. The van der Waals surface area contributed by atoms with E-state index in [9.17, 15) is 18.0 Å². The molecule has 0 saturated carbocycles. The first-order chi connectivity index (χ1) is 13.3. The number of nitrogens with one attached hydrogen (secondary N) is 1. The quantitative estimate of drug-likeness (QED) is 0.691. The van der Waals surface area contributed by atoms with Crippen LogP contribution in [-0.4, -0.2) is 48.8 Å². The number of ether oxygens (including phenoxy) is 4. The lowest BCUT2D eigenvalue weighted by molar-refractivity contribution is 0.0583. The Hall–Kier alpha value is -3.27. The molecule has 0 amide bonds.